The third-order valence-corrected chi connectivity index (χ3v) is 0.825. The molecule has 1 saturated heterocycles. The molecule has 0 aromatic heterocycles. The highest BCUT2D eigenvalue weighted by atomic mass is 17.8. The highest BCUT2D eigenvalue weighted by Crippen LogP contribution is 1.95. The van der Waals surface area contributed by atoms with Crippen molar-refractivity contribution in [3.05, 3.63) is 0 Å². The van der Waals surface area contributed by atoms with Gasteiger partial charge in [0.25, 0.3) is 0 Å². The van der Waals surface area contributed by atoms with E-state index >= 15 is 0 Å². The highest BCUT2D eigenvalue weighted by Gasteiger charge is 2.07. The average Bonchev–Trinajstić information content (AvgIpc) is 2.11. The van der Waals surface area contributed by atoms with Crippen LogP contribution in [0, 0.1) is 0 Å². The van der Waals surface area contributed by atoms with E-state index in [-0.39, 0.29) is 13.2 Å². The molecule has 1 fully saturated rings. The van der Waals surface area contributed by atoms with Crippen LogP contribution in [0.3, 0.4) is 0 Å². The zero-order valence-electron chi connectivity index (χ0n) is 5.89. The van der Waals surface area contributed by atoms with Crippen LogP contribution in [0.1, 0.15) is 6.42 Å². The quantitative estimate of drug-likeness (QED) is 0.388. The van der Waals surface area contributed by atoms with Crippen LogP contribution in [0.2, 0.25) is 0 Å². The van der Waals surface area contributed by atoms with Crippen LogP contribution in [0.25, 0.3) is 0 Å². The van der Waals surface area contributed by atoms with E-state index in [0.717, 1.165) is 0 Å². The number of rotatable bonds is 0. The molecule has 0 aromatic rings. The van der Waals surface area contributed by atoms with Crippen LogP contribution in [-0.2, 0) is 34.7 Å². The van der Waals surface area contributed by atoms with E-state index < -0.39 is 6.16 Å². The second-order valence-electron chi connectivity index (χ2n) is 1.63. The molecule has 12 heavy (non-hydrogen) atoms. The Bertz CT molecular complexity index is 121. The molecule has 0 atom stereocenters. The number of hydrogen-bond acceptors (Lipinski definition) is 8. The second-order valence-corrected chi connectivity index (χ2v) is 1.63. The zero-order chi connectivity index (χ0) is 8.65. The molecule has 0 N–H and O–H groups in total. The van der Waals surface area contributed by atoms with Gasteiger partial charge < -0.3 is 4.74 Å². The second kappa shape index (κ2) is 5.69. The molecule has 8 heteroatoms. The van der Waals surface area contributed by atoms with Crippen LogP contribution in [0.15, 0.2) is 0 Å². The Kier molecular flexibility index (Phi) is 4.34. The normalized spacial score (nSPS) is 21.8. The van der Waals surface area contributed by atoms with Crippen molar-refractivity contribution in [3.63, 3.8) is 0 Å². The molecular formula is C4H6O8. The summed E-state index contributed by atoms with van der Waals surface area (Å²) >= 11 is 0. The van der Waals surface area contributed by atoms with Gasteiger partial charge in [0.2, 0.25) is 0 Å². The fourth-order valence-corrected chi connectivity index (χ4v) is 0.415. The minimum Gasteiger partial charge on any atom is -0.432 e. The third kappa shape index (κ3) is 4.05. The summed E-state index contributed by atoms with van der Waals surface area (Å²) in [7, 11) is 0. The SMILES string of the molecule is O=C1OCCCOOOOOO1. The van der Waals surface area contributed by atoms with E-state index in [9.17, 15) is 4.79 Å². The molecule has 0 unspecified atom stereocenters. The van der Waals surface area contributed by atoms with Crippen LogP contribution >= 0.6 is 0 Å². The van der Waals surface area contributed by atoms with Gasteiger partial charge in [-0.3, -0.25) is 0 Å². The summed E-state index contributed by atoms with van der Waals surface area (Å²) in [5, 5.41) is 15.0. The van der Waals surface area contributed by atoms with E-state index in [0.29, 0.717) is 6.42 Å². The summed E-state index contributed by atoms with van der Waals surface area (Å²) in [6, 6.07) is 0. The molecule has 0 amide bonds. The molecule has 0 aromatic carbocycles. The summed E-state index contributed by atoms with van der Waals surface area (Å²) < 4.78 is 4.42. The molecule has 0 saturated carbocycles. The maximum Gasteiger partial charge on any atom is 0.542 e. The Labute approximate surface area is 66.4 Å². The van der Waals surface area contributed by atoms with Gasteiger partial charge in [-0.15, -0.1) is 0 Å². The molecule has 70 valence electrons. The van der Waals surface area contributed by atoms with Crippen molar-refractivity contribution in [2.24, 2.45) is 0 Å². The summed E-state index contributed by atoms with van der Waals surface area (Å²) in [6.45, 7) is 0.294. The molecule has 0 radical (unpaired) electrons. The lowest BCUT2D eigenvalue weighted by atomic mass is 10.5. The summed E-state index contributed by atoms with van der Waals surface area (Å²) in [5.74, 6) is 0. The van der Waals surface area contributed by atoms with E-state index in [2.05, 4.69) is 34.7 Å². The summed E-state index contributed by atoms with van der Waals surface area (Å²) in [5.41, 5.74) is 0. The zero-order valence-corrected chi connectivity index (χ0v) is 5.89. The number of cyclic esters (lactones) is 1. The molecule has 1 rings (SSSR count). The van der Waals surface area contributed by atoms with Crippen molar-refractivity contribution in [2.45, 2.75) is 6.42 Å². The molecule has 1 heterocycles. The van der Waals surface area contributed by atoms with E-state index in [1.54, 1.807) is 0 Å². The van der Waals surface area contributed by atoms with E-state index in [1.807, 2.05) is 0 Å². The highest BCUT2D eigenvalue weighted by molar-refractivity contribution is 5.58. The molecule has 0 aliphatic carbocycles. The maximum atomic E-state index is 10.4. The van der Waals surface area contributed by atoms with Crippen molar-refractivity contribution in [2.75, 3.05) is 13.2 Å². The first-order valence-corrected chi connectivity index (χ1v) is 3.02. The van der Waals surface area contributed by atoms with Gasteiger partial charge in [0.15, 0.2) is 0 Å². The fourth-order valence-electron chi connectivity index (χ4n) is 0.415. The van der Waals surface area contributed by atoms with Crippen LogP contribution in [0.5, 0.6) is 0 Å². The first-order valence-electron chi connectivity index (χ1n) is 3.02. The van der Waals surface area contributed by atoms with Crippen LogP contribution < -0.4 is 0 Å². The van der Waals surface area contributed by atoms with Crippen molar-refractivity contribution < 1.29 is 39.5 Å². The third-order valence-electron chi connectivity index (χ3n) is 0.825. The van der Waals surface area contributed by atoms with Crippen molar-refractivity contribution in [1.29, 1.82) is 0 Å². The van der Waals surface area contributed by atoms with Crippen molar-refractivity contribution >= 4 is 6.16 Å². The lowest BCUT2D eigenvalue weighted by Gasteiger charge is -1.98. The Balaban J connectivity index is 2.17. The number of carbonyl (C=O) groups is 1. The standard InChI is InChI=1S/C4H6O8/c5-4-6-2-1-3-7-9-11-12-10-8-4/h1-3H2. The maximum absolute atomic E-state index is 10.4. The first-order chi connectivity index (χ1) is 5.89. The van der Waals surface area contributed by atoms with Crippen LogP contribution in [-0.4, -0.2) is 19.4 Å². The Morgan fingerprint density at radius 1 is 1.00 bits per heavy atom. The molecule has 0 spiro atoms. The molecular weight excluding hydrogens is 176 g/mol. The predicted octanol–water partition coefficient (Wildman–Crippen LogP) is 0.201. The molecule has 0 bridgehead atoms. The Morgan fingerprint density at radius 3 is 2.75 bits per heavy atom. The molecule has 1 aliphatic rings. The topological polar surface area (TPSA) is 81.7 Å². The van der Waals surface area contributed by atoms with Gasteiger partial charge in [-0.25, -0.2) is 14.6 Å². The number of ether oxygens (including phenoxy) is 1. The van der Waals surface area contributed by atoms with Crippen molar-refractivity contribution in [1.82, 2.24) is 0 Å². The lowest BCUT2D eigenvalue weighted by Crippen LogP contribution is -2.09. The van der Waals surface area contributed by atoms with Gasteiger partial charge in [-0.05, 0) is 10.1 Å². The monoisotopic (exact) mass is 182 g/mol. The average molecular weight is 182 g/mol. The predicted molar refractivity (Wildman–Crippen MR) is 27.3 cm³/mol. The van der Waals surface area contributed by atoms with Crippen LogP contribution in [0.4, 0.5) is 4.79 Å². The summed E-state index contributed by atoms with van der Waals surface area (Å²) in [6.07, 6.45) is -0.612. The largest absolute Gasteiger partial charge is 0.542 e. The fraction of sp³-hybridized carbons (Fsp3) is 0.750. The van der Waals surface area contributed by atoms with Crippen molar-refractivity contribution in [3.8, 4) is 0 Å². The Morgan fingerprint density at radius 2 is 1.83 bits per heavy atom. The Hall–Kier alpha value is -0.930. The molecule has 1 aliphatic heterocycles. The van der Waals surface area contributed by atoms with Gasteiger partial charge in [-0.2, -0.15) is 0 Å². The smallest absolute Gasteiger partial charge is 0.432 e. The van der Waals surface area contributed by atoms with Gasteiger partial charge in [-0.1, -0.05) is 0 Å². The number of hydrogen-bond donors (Lipinski definition) is 0. The minimum atomic E-state index is -1.04. The van der Waals surface area contributed by atoms with E-state index in [1.165, 1.54) is 0 Å². The molecule has 8 nitrogen and oxygen atoms in total. The van der Waals surface area contributed by atoms with Gasteiger partial charge in [0.05, 0.1) is 13.2 Å². The van der Waals surface area contributed by atoms with Gasteiger partial charge in [0, 0.05) is 16.5 Å². The van der Waals surface area contributed by atoms with Gasteiger partial charge in [0.1, 0.15) is 0 Å². The lowest BCUT2D eigenvalue weighted by molar-refractivity contribution is -0.749. The minimum absolute atomic E-state index is 0.117. The first kappa shape index (κ1) is 9.16. The summed E-state index contributed by atoms with van der Waals surface area (Å²) in [4.78, 5) is 18.6. The van der Waals surface area contributed by atoms with Gasteiger partial charge >= 0.3 is 6.16 Å². The number of carbonyl (C=O) groups excluding carboxylic acids is 1. The van der Waals surface area contributed by atoms with E-state index in [4.69, 9.17) is 0 Å².